The molecule has 0 radical (unpaired) electrons. The smallest absolute Gasteiger partial charge is 0.267 e. The first-order valence-electron chi connectivity index (χ1n) is 9.06. The molecule has 1 aliphatic rings. The van der Waals surface area contributed by atoms with E-state index in [9.17, 15) is 9.59 Å². The van der Waals surface area contributed by atoms with Gasteiger partial charge in [-0.05, 0) is 42.7 Å². The molecule has 10 heteroatoms. The van der Waals surface area contributed by atoms with Crippen molar-refractivity contribution in [3.05, 3.63) is 63.8 Å². The van der Waals surface area contributed by atoms with Gasteiger partial charge in [-0.2, -0.15) is 0 Å². The number of nitrogens with zero attached hydrogens (tertiary/aromatic N) is 2. The van der Waals surface area contributed by atoms with Crippen LogP contribution in [0.5, 0.6) is 0 Å². The average Bonchev–Trinajstić information content (AvgIpc) is 2.74. The summed E-state index contributed by atoms with van der Waals surface area (Å²) in [5.74, 6) is -0.152. The van der Waals surface area contributed by atoms with Crippen LogP contribution in [0.25, 0.3) is 6.08 Å². The molecular weight excluding hydrogens is 451 g/mol. The lowest BCUT2D eigenvalue weighted by atomic mass is 10.0. The minimum atomic E-state index is -0.638. The minimum Gasteiger partial charge on any atom is -0.366 e. The van der Waals surface area contributed by atoms with Crippen LogP contribution in [0, 0.1) is 0 Å². The molecule has 2 heterocycles. The summed E-state index contributed by atoms with van der Waals surface area (Å²) in [5.41, 5.74) is 2.66. The number of nitrogens with one attached hydrogen (secondary N) is 2. The van der Waals surface area contributed by atoms with Crippen LogP contribution in [0.1, 0.15) is 28.8 Å². The molecule has 7 nitrogen and oxygen atoms in total. The van der Waals surface area contributed by atoms with Gasteiger partial charge in [0, 0.05) is 31.4 Å². The van der Waals surface area contributed by atoms with Crippen LogP contribution >= 0.6 is 35.6 Å². The van der Waals surface area contributed by atoms with Crippen molar-refractivity contribution in [1.82, 2.24) is 15.4 Å². The lowest BCUT2D eigenvalue weighted by Gasteiger charge is -2.33. The molecule has 0 unspecified atom stereocenters. The van der Waals surface area contributed by atoms with E-state index >= 15 is 0 Å². The first kappa shape index (κ1) is 24.0. The van der Waals surface area contributed by atoms with Crippen molar-refractivity contribution in [2.75, 3.05) is 18.4 Å². The summed E-state index contributed by atoms with van der Waals surface area (Å²) >= 11 is 12.4. The third-order valence-electron chi connectivity index (χ3n) is 4.63. The number of rotatable bonds is 5. The Morgan fingerprint density at radius 3 is 2.50 bits per heavy atom. The standard InChI is InChI=1S/C20H20Cl2N4O3.ClH/c21-16-4-2-1-3-15(16)20(28)26-9-7-14(8-10-26)24-19-17(22)11-13(12-23-19)5-6-18(27)25-29;/h1-6,11-12,14,29H,7-10H2,(H,23,24)(H,25,27);1H. The summed E-state index contributed by atoms with van der Waals surface area (Å²) in [6.45, 7) is 1.22. The Bertz CT molecular complexity index is 931. The molecule has 0 saturated carbocycles. The van der Waals surface area contributed by atoms with Crippen molar-refractivity contribution in [3.63, 3.8) is 0 Å². The molecule has 2 aromatic rings. The van der Waals surface area contributed by atoms with E-state index in [1.807, 2.05) is 0 Å². The van der Waals surface area contributed by atoms with Gasteiger partial charge in [0.05, 0.1) is 15.6 Å². The maximum Gasteiger partial charge on any atom is 0.267 e. The van der Waals surface area contributed by atoms with Crippen molar-refractivity contribution in [2.24, 2.45) is 0 Å². The first-order chi connectivity index (χ1) is 14.0. The number of pyridine rings is 1. The van der Waals surface area contributed by atoms with Crippen LogP contribution in [-0.4, -0.2) is 46.0 Å². The van der Waals surface area contributed by atoms with Gasteiger partial charge in [-0.3, -0.25) is 14.8 Å². The van der Waals surface area contributed by atoms with Gasteiger partial charge in [0.15, 0.2) is 0 Å². The number of likely N-dealkylation sites (tertiary alicyclic amines) is 1. The second-order valence-corrected chi connectivity index (χ2v) is 7.41. The zero-order chi connectivity index (χ0) is 20.8. The fourth-order valence-electron chi connectivity index (χ4n) is 3.08. The molecule has 0 atom stereocenters. The largest absolute Gasteiger partial charge is 0.366 e. The number of piperidine rings is 1. The number of hydrogen-bond acceptors (Lipinski definition) is 5. The average molecular weight is 472 g/mol. The van der Waals surface area contributed by atoms with E-state index in [1.165, 1.54) is 17.6 Å². The maximum atomic E-state index is 12.6. The van der Waals surface area contributed by atoms with Gasteiger partial charge in [0.2, 0.25) is 0 Å². The van der Waals surface area contributed by atoms with E-state index in [0.29, 0.717) is 40.1 Å². The van der Waals surface area contributed by atoms with Crippen LogP contribution in [-0.2, 0) is 4.79 Å². The van der Waals surface area contributed by atoms with Gasteiger partial charge >= 0.3 is 0 Å². The number of benzene rings is 1. The Balaban J connectivity index is 0.00000320. The monoisotopic (exact) mass is 470 g/mol. The molecule has 0 spiro atoms. The fraction of sp³-hybridized carbons (Fsp3) is 0.250. The van der Waals surface area contributed by atoms with Gasteiger partial charge < -0.3 is 10.2 Å². The van der Waals surface area contributed by atoms with E-state index in [2.05, 4.69) is 10.3 Å². The van der Waals surface area contributed by atoms with Crippen LogP contribution < -0.4 is 10.8 Å². The predicted octanol–water partition coefficient (Wildman–Crippen LogP) is 4.05. The highest BCUT2D eigenvalue weighted by molar-refractivity contribution is 6.34. The SMILES string of the molecule is Cl.O=C(C=Cc1cnc(NC2CCN(C(=O)c3ccccc3Cl)CC2)c(Cl)c1)NO. The molecule has 30 heavy (non-hydrogen) atoms. The van der Waals surface area contributed by atoms with Crippen molar-refractivity contribution >= 4 is 59.3 Å². The summed E-state index contributed by atoms with van der Waals surface area (Å²) in [5, 5.41) is 12.7. The zero-order valence-electron chi connectivity index (χ0n) is 15.8. The number of carbonyl (C=O) groups excluding carboxylic acids is 2. The number of carbonyl (C=O) groups is 2. The van der Waals surface area contributed by atoms with Gasteiger partial charge in [0.1, 0.15) is 5.82 Å². The third kappa shape index (κ3) is 6.09. The van der Waals surface area contributed by atoms with Crippen LogP contribution in [0.2, 0.25) is 10.0 Å². The van der Waals surface area contributed by atoms with E-state index < -0.39 is 5.91 Å². The maximum absolute atomic E-state index is 12.6. The Morgan fingerprint density at radius 2 is 1.87 bits per heavy atom. The zero-order valence-corrected chi connectivity index (χ0v) is 18.2. The van der Waals surface area contributed by atoms with Crippen molar-refractivity contribution in [1.29, 1.82) is 0 Å². The molecule has 0 aliphatic carbocycles. The molecule has 1 aromatic carbocycles. The summed E-state index contributed by atoms with van der Waals surface area (Å²) in [6, 6.07) is 8.86. The number of anilines is 1. The minimum absolute atomic E-state index is 0. The molecule has 3 rings (SSSR count). The molecule has 1 saturated heterocycles. The fourth-order valence-corrected chi connectivity index (χ4v) is 3.53. The number of aromatic nitrogens is 1. The molecule has 3 N–H and O–H groups in total. The number of halogens is 3. The molecule has 1 aromatic heterocycles. The number of hydrogen-bond donors (Lipinski definition) is 3. The highest BCUT2D eigenvalue weighted by atomic mass is 35.5. The molecule has 2 amide bonds. The van der Waals surface area contributed by atoms with Gasteiger partial charge in [-0.15, -0.1) is 12.4 Å². The molecule has 0 bridgehead atoms. The van der Waals surface area contributed by atoms with Crippen molar-refractivity contribution in [3.8, 4) is 0 Å². The Labute approximate surface area is 190 Å². The van der Waals surface area contributed by atoms with Crippen LogP contribution in [0.15, 0.2) is 42.6 Å². The van der Waals surface area contributed by atoms with E-state index in [0.717, 1.165) is 12.8 Å². The Hall–Kier alpha value is -2.32. The topological polar surface area (TPSA) is 94.6 Å². The predicted molar refractivity (Wildman–Crippen MR) is 119 cm³/mol. The van der Waals surface area contributed by atoms with Gasteiger partial charge in [-0.25, -0.2) is 10.5 Å². The van der Waals surface area contributed by atoms with Crippen LogP contribution in [0.3, 0.4) is 0 Å². The summed E-state index contributed by atoms with van der Waals surface area (Å²) < 4.78 is 0. The second kappa shape index (κ2) is 11.2. The van der Waals surface area contributed by atoms with Gasteiger partial charge in [-0.1, -0.05) is 35.3 Å². The summed E-state index contributed by atoms with van der Waals surface area (Å²) in [6.07, 6.45) is 5.75. The lowest BCUT2D eigenvalue weighted by molar-refractivity contribution is -0.124. The third-order valence-corrected chi connectivity index (χ3v) is 5.24. The van der Waals surface area contributed by atoms with Crippen molar-refractivity contribution in [2.45, 2.75) is 18.9 Å². The Morgan fingerprint density at radius 1 is 1.17 bits per heavy atom. The van der Waals surface area contributed by atoms with Gasteiger partial charge in [0.25, 0.3) is 11.8 Å². The van der Waals surface area contributed by atoms with E-state index in [4.69, 9.17) is 28.4 Å². The molecule has 160 valence electrons. The number of amides is 2. The quantitative estimate of drug-likeness (QED) is 0.347. The first-order valence-corrected chi connectivity index (χ1v) is 9.81. The van der Waals surface area contributed by atoms with E-state index in [1.54, 1.807) is 41.4 Å². The molecule has 1 aliphatic heterocycles. The normalized spacial score (nSPS) is 14.3. The Kier molecular flexibility index (Phi) is 8.92. The summed E-state index contributed by atoms with van der Waals surface area (Å²) in [4.78, 5) is 29.8. The number of hydroxylamine groups is 1. The lowest BCUT2D eigenvalue weighted by Crippen LogP contribution is -2.42. The highest BCUT2D eigenvalue weighted by Gasteiger charge is 2.25. The second-order valence-electron chi connectivity index (χ2n) is 6.60. The molecule has 1 fully saturated rings. The highest BCUT2D eigenvalue weighted by Crippen LogP contribution is 2.25. The molecular formula is C20H21Cl3N4O3. The van der Waals surface area contributed by atoms with E-state index in [-0.39, 0.29) is 24.4 Å². The summed E-state index contributed by atoms with van der Waals surface area (Å²) in [7, 11) is 0. The van der Waals surface area contributed by atoms with Crippen LogP contribution in [0.4, 0.5) is 5.82 Å². The van der Waals surface area contributed by atoms with Crippen molar-refractivity contribution < 1.29 is 14.8 Å².